The lowest BCUT2D eigenvalue weighted by atomic mass is 9.72. The van der Waals surface area contributed by atoms with Crippen LogP contribution in [0.3, 0.4) is 0 Å². The van der Waals surface area contributed by atoms with Crippen molar-refractivity contribution in [3.63, 3.8) is 0 Å². The first-order valence-electron chi connectivity index (χ1n) is 7.62. The van der Waals surface area contributed by atoms with Crippen molar-refractivity contribution in [1.82, 2.24) is 5.32 Å². The summed E-state index contributed by atoms with van der Waals surface area (Å²) in [4.78, 5) is 0. The first kappa shape index (κ1) is 16.9. The third kappa shape index (κ3) is 7.25. The van der Waals surface area contributed by atoms with Crippen LogP contribution in [0.5, 0.6) is 0 Å². The van der Waals surface area contributed by atoms with Gasteiger partial charge in [-0.05, 0) is 31.7 Å². The van der Waals surface area contributed by atoms with Crippen LogP contribution in [0, 0.1) is 5.41 Å². The molecule has 1 aliphatic carbocycles. The van der Waals surface area contributed by atoms with Gasteiger partial charge in [-0.25, -0.2) is 0 Å². The maximum absolute atomic E-state index is 5.69. The molecule has 1 fully saturated rings. The fourth-order valence-corrected chi connectivity index (χ4v) is 2.94. The molecule has 4 heteroatoms. The number of ether oxygens (including phenoxy) is 3. The van der Waals surface area contributed by atoms with Crippen LogP contribution in [-0.2, 0) is 14.2 Å². The van der Waals surface area contributed by atoms with Crippen molar-refractivity contribution >= 4 is 0 Å². The maximum atomic E-state index is 5.69. The minimum Gasteiger partial charge on any atom is -0.382 e. The fourth-order valence-electron chi connectivity index (χ4n) is 2.94. The summed E-state index contributed by atoms with van der Waals surface area (Å²) in [5.74, 6) is 0. The zero-order chi connectivity index (χ0) is 13.8. The molecule has 4 nitrogen and oxygen atoms in total. The van der Waals surface area contributed by atoms with Crippen molar-refractivity contribution in [3.05, 3.63) is 0 Å². The van der Waals surface area contributed by atoms with Gasteiger partial charge in [0.25, 0.3) is 0 Å². The SMILES string of the molecule is CNCC1(CCOCCOCCOC)CCCCC1. The van der Waals surface area contributed by atoms with Crippen molar-refractivity contribution in [1.29, 1.82) is 0 Å². The normalized spacial score (nSPS) is 18.6. The largest absolute Gasteiger partial charge is 0.382 e. The molecular formula is C15H31NO3. The summed E-state index contributed by atoms with van der Waals surface area (Å²) in [6.07, 6.45) is 8.03. The summed E-state index contributed by atoms with van der Waals surface area (Å²) >= 11 is 0. The van der Waals surface area contributed by atoms with Crippen LogP contribution < -0.4 is 5.32 Å². The predicted molar refractivity (Wildman–Crippen MR) is 77.6 cm³/mol. The molecule has 0 aliphatic heterocycles. The highest BCUT2D eigenvalue weighted by atomic mass is 16.5. The lowest BCUT2D eigenvalue weighted by Crippen LogP contribution is -2.35. The molecule has 1 N–H and O–H groups in total. The molecule has 114 valence electrons. The predicted octanol–water partition coefficient (Wildman–Crippen LogP) is 2.23. The third-order valence-electron chi connectivity index (χ3n) is 4.05. The fraction of sp³-hybridized carbons (Fsp3) is 1.00. The van der Waals surface area contributed by atoms with Crippen molar-refractivity contribution in [2.75, 3.05) is 53.7 Å². The maximum Gasteiger partial charge on any atom is 0.0701 e. The Morgan fingerprint density at radius 2 is 1.53 bits per heavy atom. The second-order valence-electron chi connectivity index (χ2n) is 5.56. The Kier molecular flexibility index (Phi) is 9.43. The number of hydrogen-bond donors (Lipinski definition) is 1. The molecule has 0 bridgehead atoms. The molecule has 0 heterocycles. The lowest BCUT2D eigenvalue weighted by Gasteiger charge is -2.37. The summed E-state index contributed by atoms with van der Waals surface area (Å²) in [7, 11) is 3.74. The summed E-state index contributed by atoms with van der Waals surface area (Å²) in [5, 5.41) is 3.36. The van der Waals surface area contributed by atoms with Crippen LogP contribution >= 0.6 is 0 Å². The van der Waals surface area contributed by atoms with Crippen LogP contribution in [0.15, 0.2) is 0 Å². The minimum absolute atomic E-state index is 0.476. The van der Waals surface area contributed by atoms with Gasteiger partial charge in [-0.3, -0.25) is 0 Å². The molecule has 0 atom stereocenters. The third-order valence-corrected chi connectivity index (χ3v) is 4.05. The van der Waals surface area contributed by atoms with Gasteiger partial charge in [0.2, 0.25) is 0 Å². The average Bonchev–Trinajstić information content (AvgIpc) is 2.43. The molecule has 0 aromatic carbocycles. The van der Waals surface area contributed by atoms with Crippen molar-refractivity contribution in [2.24, 2.45) is 5.41 Å². The van der Waals surface area contributed by atoms with Crippen molar-refractivity contribution in [2.45, 2.75) is 38.5 Å². The standard InChI is InChI=1S/C15H31NO3/c1-16-14-15(6-4-3-5-7-15)8-9-18-12-13-19-11-10-17-2/h16H,3-14H2,1-2H3. The highest BCUT2D eigenvalue weighted by Gasteiger charge is 2.30. The monoisotopic (exact) mass is 273 g/mol. The second kappa shape index (κ2) is 10.6. The molecule has 0 unspecified atom stereocenters. The smallest absolute Gasteiger partial charge is 0.0701 e. The van der Waals surface area contributed by atoms with E-state index in [1.54, 1.807) is 7.11 Å². The average molecular weight is 273 g/mol. The van der Waals surface area contributed by atoms with Gasteiger partial charge < -0.3 is 19.5 Å². The Labute approximate surface area is 118 Å². The van der Waals surface area contributed by atoms with Crippen LogP contribution in [0.2, 0.25) is 0 Å². The van der Waals surface area contributed by atoms with Gasteiger partial charge in [0, 0.05) is 20.3 Å². The molecule has 0 aromatic heterocycles. The number of nitrogens with one attached hydrogen (secondary N) is 1. The summed E-state index contributed by atoms with van der Waals surface area (Å²) < 4.78 is 16.0. The number of hydrogen-bond acceptors (Lipinski definition) is 4. The van der Waals surface area contributed by atoms with E-state index in [-0.39, 0.29) is 0 Å². The van der Waals surface area contributed by atoms with E-state index in [9.17, 15) is 0 Å². The van der Waals surface area contributed by atoms with Gasteiger partial charge in [0.15, 0.2) is 0 Å². The molecule has 0 radical (unpaired) electrons. The molecule has 0 spiro atoms. The zero-order valence-electron chi connectivity index (χ0n) is 12.7. The summed E-state index contributed by atoms with van der Waals surface area (Å²) in [6, 6.07) is 0. The Balaban J connectivity index is 2.05. The van der Waals surface area contributed by atoms with Crippen LogP contribution in [0.1, 0.15) is 38.5 Å². The molecular weight excluding hydrogens is 242 g/mol. The van der Waals surface area contributed by atoms with Crippen LogP contribution in [0.25, 0.3) is 0 Å². The summed E-state index contributed by atoms with van der Waals surface area (Å²) in [6.45, 7) is 4.66. The van der Waals surface area contributed by atoms with E-state index in [0.717, 1.165) is 13.2 Å². The number of methoxy groups -OCH3 is 1. The van der Waals surface area contributed by atoms with Gasteiger partial charge in [-0.2, -0.15) is 0 Å². The molecule has 1 rings (SSSR count). The van der Waals surface area contributed by atoms with E-state index in [2.05, 4.69) is 12.4 Å². The van der Waals surface area contributed by atoms with E-state index < -0.39 is 0 Å². The van der Waals surface area contributed by atoms with E-state index in [1.165, 1.54) is 38.5 Å². The Hall–Kier alpha value is -0.160. The topological polar surface area (TPSA) is 39.7 Å². The first-order valence-corrected chi connectivity index (χ1v) is 7.62. The molecule has 0 saturated heterocycles. The first-order chi connectivity index (χ1) is 9.33. The van der Waals surface area contributed by atoms with E-state index in [4.69, 9.17) is 14.2 Å². The van der Waals surface area contributed by atoms with E-state index in [1.807, 2.05) is 0 Å². The lowest BCUT2D eigenvalue weighted by molar-refractivity contribution is 0.0127. The Bertz CT molecular complexity index is 200. The van der Waals surface area contributed by atoms with Crippen molar-refractivity contribution < 1.29 is 14.2 Å². The van der Waals surface area contributed by atoms with Gasteiger partial charge in [0.1, 0.15) is 0 Å². The van der Waals surface area contributed by atoms with Gasteiger partial charge >= 0.3 is 0 Å². The van der Waals surface area contributed by atoms with Crippen LogP contribution in [-0.4, -0.2) is 53.7 Å². The molecule has 0 aromatic rings. The highest BCUT2D eigenvalue weighted by molar-refractivity contribution is 4.84. The Morgan fingerprint density at radius 3 is 2.16 bits per heavy atom. The minimum atomic E-state index is 0.476. The van der Waals surface area contributed by atoms with Gasteiger partial charge in [-0.1, -0.05) is 19.3 Å². The summed E-state index contributed by atoms with van der Waals surface area (Å²) in [5.41, 5.74) is 0.476. The zero-order valence-corrected chi connectivity index (χ0v) is 12.7. The number of rotatable bonds is 11. The molecule has 1 saturated carbocycles. The second-order valence-corrected chi connectivity index (χ2v) is 5.56. The molecule has 1 aliphatic rings. The van der Waals surface area contributed by atoms with Crippen LogP contribution in [0.4, 0.5) is 0 Å². The Morgan fingerprint density at radius 1 is 0.895 bits per heavy atom. The van der Waals surface area contributed by atoms with Gasteiger partial charge in [-0.15, -0.1) is 0 Å². The van der Waals surface area contributed by atoms with E-state index in [0.29, 0.717) is 31.8 Å². The van der Waals surface area contributed by atoms with Crippen molar-refractivity contribution in [3.8, 4) is 0 Å². The molecule has 0 amide bonds. The van der Waals surface area contributed by atoms with E-state index >= 15 is 0 Å². The van der Waals surface area contributed by atoms with Gasteiger partial charge in [0.05, 0.1) is 26.4 Å². The highest BCUT2D eigenvalue weighted by Crippen LogP contribution is 2.38. The molecule has 19 heavy (non-hydrogen) atoms. The quantitative estimate of drug-likeness (QED) is 0.586.